The van der Waals surface area contributed by atoms with Crippen LogP contribution in [0.5, 0.6) is 0 Å². The minimum Gasteiger partial charge on any atom is -0.480 e. The van der Waals surface area contributed by atoms with E-state index in [1.807, 2.05) is 30.3 Å². The Morgan fingerprint density at radius 1 is 1.05 bits per heavy atom. The van der Waals surface area contributed by atoms with E-state index in [1.165, 1.54) is 0 Å². The van der Waals surface area contributed by atoms with Crippen molar-refractivity contribution in [2.24, 2.45) is 17.4 Å². The molecule has 0 amide bonds. The summed E-state index contributed by atoms with van der Waals surface area (Å²) in [6.07, 6.45) is 0.385. The Bertz CT molecular complexity index is 420. The van der Waals surface area contributed by atoms with Gasteiger partial charge in [-0.15, -0.1) is 0 Å². The molecule has 1 aromatic carbocycles. The van der Waals surface area contributed by atoms with Crippen molar-refractivity contribution in [3.8, 4) is 0 Å². The molecule has 2 atom stereocenters. The van der Waals surface area contributed by atoms with Crippen molar-refractivity contribution in [3.63, 3.8) is 0 Å². The van der Waals surface area contributed by atoms with Crippen LogP contribution >= 0.6 is 0 Å². The summed E-state index contributed by atoms with van der Waals surface area (Å²) in [6, 6.07) is 7.83. The van der Waals surface area contributed by atoms with Gasteiger partial charge in [0.15, 0.2) is 0 Å². The first-order valence-electron chi connectivity index (χ1n) is 6.26. The fraction of sp³-hybridized carbons (Fsp3) is 0.429. The van der Waals surface area contributed by atoms with Gasteiger partial charge in [-0.05, 0) is 17.9 Å². The van der Waals surface area contributed by atoms with Crippen LogP contribution in [0.1, 0.15) is 19.4 Å². The predicted molar refractivity (Wildman–Crippen MR) is 76.2 cm³/mol. The Morgan fingerprint density at radius 2 is 1.55 bits per heavy atom. The average Bonchev–Trinajstić information content (AvgIpc) is 2.39. The quantitative estimate of drug-likeness (QED) is 0.629. The molecule has 0 radical (unpaired) electrons. The first kappa shape index (κ1) is 18.1. The molecule has 112 valence electrons. The van der Waals surface area contributed by atoms with Crippen LogP contribution in [0, 0.1) is 5.92 Å². The van der Waals surface area contributed by atoms with E-state index in [4.69, 9.17) is 21.7 Å². The number of hydrogen-bond acceptors (Lipinski definition) is 4. The van der Waals surface area contributed by atoms with Gasteiger partial charge in [-0.25, -0.2) is 0 Å². The van der Waals surface area contributed by atoms with Crippen LogP contribution in [0.3, 0.4) is 0 Å². The van der Waals surface area contributed by atoms with Crippen molar-refractivity contribution >= 4 is 11.9 Å². The highest BCUT2D eigenvalue weighted by molar-refractivity contribution is 5.73. The highest BCUT2D eigenvalue weighted by Gasteiger charge is 2.14. The molecule has 0 saturated carbocycles. The largest absolute Gasteiger partial charge is 0.480 e. The second-order valence-electron chi connectivity index (χ2n) is 4.74. The van der Waals surface area contributed by atoms with E-state index < -0.39 is 24.0 Å². The average molecular weight is 282 g/mol. The number of aliphatic carboxylic acids is 2. The molecule has 0 aliphatic rings. The number of hydrogen-bond donors (Lipinski definition) is 4. The molecule has 0 aromatic heterocycles. The molecule has 1 aromatic rings. The van der Waals surface area contributed by atoms with E-state index in [2.05, 4.69) is 0 Å². The lowest BCUT2D eigenvalue weighted by Gasteiger charge is -2.07. The van der Waals surface area contributed by atoms with Gasteiger partial charge in [0.2, 0.25) is 0 Å². The highest BCUT2D eigenvalue weighted by atomic mass is 16.4. The third kappa shape index (κ3) is 7.50. The first-order chi connectivity index (χ1) is 9.25. The first-order valence-corrected chi connectivity index (χ1v) is 6.26. The molecule has 6 N–H and O–H groups in total. The summed E-state index contributed by atoms with van der Waals surface area (Å²) in [6.45, 7) is 3.55. The molecular weight excluding hydrogens is 260 g/mol. The Kier molecular flexibility index (Phi) is 8.19. The lowest BCUT2D eigenvalue weighted by Crippen LogP contribution is -2.34. The molecule has 6 nitrogen and oxygen atoms in total. The molecular formula is C14H22N2O4. The van der Waals surface area contributed by atoms with E-state index in [9.17, 15) is 9.59 Å². The smallest absolute Gasteiger partial charge is 0.320 e. The molecule has 0 aliphatic heterocycles. The summed E-state index contributed by atoms with van der Waals surface area (Å²) in [5.74, 6) is -1.87. The normalized spacial score (nSPS) is 13.1. The molecule has 0 fully saturated rings. The summed E-state index contributed by atoms with van der Waals surface area (Å²) in [7, 11) is 0. The van der Waals surface area contributed by atoms with Gasteiger partial charge in [0.25, 0.3) is 0 Å². The Hall–Kier alpha value is -1.92. The molecule has 0 saturated heterocycles. The van der Waals surface area contributed by atoms with E-state index in [0.29, 0.717) is 6.42 Å². The maximum atomic E-state index is 10.4. The third-order valence-electron chi connectivity index (χ3n) is 2.62. The van der Waals surface area contributed by atoms with Gasteiger partial charge in [0.1, 0.15) is 12.1 Å². The molecule has 0 aliphatic carbocycles. The molecule has 0 spiro atoms. The Morgan fingerprint density at radius 3 is 1.85 bits per heavy atom. The number of carboxylic acid groups (broad SMARTS) is 2. The van der Waals surface area contributed by atoms with Gasteiger partial charge >= 0.3 is 11.9 Å². The number of benzene rings is 1. The zero-order valence-corrected chi connectivity index (χ0v) is 11.7. The van der Waals surface area contributed by atoms with Crippen LogP contribution in [-0.2, 0) is 16.0 Å². The summed E-state index contributed by atoms with van der Waals surface area (Å²) >= 11 is 0. The number of carboxylic acids is 2. The molecule has 1 unspecified atom stereocenters. The van der Waals surface area contributed by atoms with Gasteiger partial charge in [-0.1, -0.05) is 44.2 Å². The van der Waals surface area contributed by atoms with Crippen LogP contribution in [0.2, 0.25) is 0 Å². The van der Waals surface area contributed by atoms with Crippen molar-refractivity contribution in [3.05, 3.63) is 35.9 Å². The monoisotopic (exact) mass is 282 g/mol. The van der Waals surface area contributed by atoms with Crippen LogP contribution in [0.25, 0.3) is 0 Å². The number of rotatable bonds is 5. The van der Waals surface area contributed by atoms with Crippen molar-refractivity contribution in [1.82, 2.24) is 0 Å². The maximum Gasteiger partial charge on any atom is 0.320 e. The van der Waals surface area contributed by atoms with Gasteiger partial charge in [0.05, 0.1) is 0 Å². The van der Waals surface area contributed by atoms with Gasteiger partial charge < -0.3 is 21.7 Å². The number of carbonyl (C=O) groups is 2. The van der Waals surface area contributed by atoms with E-state index >= 15 is 0 Å². The summed E-state index contributed by atoms with van der Waals surface area (Å²) in [5, 5.41) is 16.7. The molecule has 1 rings (SSSR count). The molecule has 20 heavy (non-hydrogen) atoms. The zero-order valence-electron chi connectivity index (χ0n) is 11.7. The second kappa shape index (κ2) is 9.06. The summed E-state index contributed by atoms with van der Waals surface area (Å²) in [4.78, 5) is 20.4. The highest BCUT2D eigenvalue weighted by Crippen LogP contribution is 2.01. The fourth-order valence-corrected chi connectivity index (χ4v) is 1.24. The third-order valence-corrected chi connectivity index (χ3v) is 2.62. The molecule has 6 heteroatoms. The standard InChI is InChI=1S/C9H11NO2.C5H11NO2/c10-8(9(11)12)6-7-4-2-1-3-5-7;1-3(2)4(6)5(7)8/h1-5,8H,6,10H2,(H,11,12);3-4H,6H2,1-2H3,(H,7,8)/t8-;/m0./s1. The van der Waals surface area contributed by atoms with Gasteiger partial charge in [-0.2, -0.15) is 0 Å². The van der Waals surface area contributed by atoms with Crippen LogP contribution in [0.4, 0.5) is 0 Å². The summed E-state index contributed by atoms with van der Waals surface area (Å²) < 4.78 is 0. The lowest BCUT2D eigenvalue weighted by molar-refractivity contribution is -0.140. The Labute approximate surface area is 118 Å². The van der Waals surface area contributed by atoms with Crippen LogP contribution in [-0.4, -0.2) is 34.2 Å². The van der Waals surface area contributed by atoms with E-state index in [-0.39, 0.29) is 5.92 Å². The SMILES string of the molecule is CC(C)C(N)C(=O)O.N[C@@H](Cc1ccccc1)C(=O)O. The second-order valence-corrected chi connectivity index (χ2v) is 4.74. The minimum atomic E-state index is -0.959. The van der Waals surface area contributed by atoms with Crippen molar-refractivity contribution < 1.29 is 19.8 Å². The number of nitrogens with two attached hydrogens (primary N) is 2. The zero-order chi connectivity index (χ0) is 15.7. The van der Waals surface area contributed by atoms with Crippen molar-refractivity contribution in [2.45, 2.75) is 32.4 Å². The van der Waals surface area contributed by atoms with Crippen LogP contribution < -0.4 is 11.5 Å². The maximum absolute atomic E-state index is 10.4. The van der Waals surface area contributed by atoms with Gasteiger partial charge in [-0.3, -0.25) is 9.59 Å². The van der Waals surface area contributed by atoms with E-state index in [0.717, 1.165) is 5.56 Å². The minimum absolute atomic E-state index is 0.0208. The van der Waals surface area contributed by atoms with Gasteiger partial charge in [0, 0.05) is 0 Å². The Balaban J connectivity index is 0.000000396. The summed E-state index contributed by atoms with van der Waals surface area (Å²) in [5.41, 5.74) is 11.5. The van der Waals surface area contributed by atoms with E-state index in [1.54, 1.807) is 13.8 Å². The molecule has 0 heterocycles. The molecule has 0 bridgehead atoms. The van der Waals surface area contributed by atoms with Crippen LogP contribution in [0.15, 0.2) is 30.3 Å². The topological polar surface area (TPSA) is 127 Å². The lowest BCUT2D eigenvalue weighted by atomic mass is 10.1. The fourth-order valence-electron chi connectivity index (χ4n) is 1.24. The van der Waals surface area contributed by atoms with Crippen molar-refractivity contribution in [1.29, 1.82) is 0 Å². The van der Waals surface area contributed by atoms with Crippen molar-refractivity contribution in [2.75, 3.05) is 0 Å². The predicted octanol–water partition coefficient (Wildman–Crippen LogP) is 0.695.